The van der Waals surface area contributed by atoms with Crippen LogP contribution >= 0.6 is 0 Å². The van der Waals surface area contributed by atoms with Gasteiger partial charge in [0.25, 0.3) is 0 Å². The zero-order chi connectivity index (χ0) is 30.8. The van der Waals surface area contributed by atoms with Crippen molar-refractivity contribution in [3.05, 3.63) is 168 Å². The Morgan fingerprint density at radius 1 is 0.565 bits per heavy atom. The van der Waals surface area contributed by atoms with Crippen molar-refractivity contribution in [1.82, 2.24) is 25.8 Å². The van der Waals surface area contributed by atoms with Crippen LogP contribution in [-0.4, -0.2) is 10.7 Å². The third-order valence-electron chi connectivity index (χ3n) is 10.2. The van der Waals surface area contributed by atoms with Crippen LogP contribution in [0.4, 0.5) is 0 Å². The maximum absolute atomic E-state index is 3.81. The molecule has 2 aliphatic heterocycles. The summed E-state index contributed by atoms with van der Waals surface area (Å²) in [5.41, 5.74) is 11.5. The van der Waals surface area contributed by atoms with Gasteiger partial charge < -0.3 is 9.88 Å². The lowest BCUT2D eigenvalue weighted by Gasteiger charge is -2.40. The van der Waals surface area contributed by atoms with Gasteiger partial charge in [-0.1, -0.05) is 123 Å². The van der Waals surface area contributed by atoms with Gasteiger partial charge in [0.05, 0.1) is 29.5 Å². The van der Waals surface area contributed by atoms with Crippen LogP contribution in [0.2, 0.25) is 0 Å². The summed E-state index contributed by atoms with van der Waals surface area (Å²) in [6, 6.07) is 43.8. The van der Waals surface area contributed by atoms with E-state index in [1.54, 1.807) is 0 Å². The second kappa shape index (κ2) is 10.6. The average Bonchev–Trinajstić information content (AvgIpc) is 3.56. The van der Waals surface area contributed by atoms with E-state index < -0.39 is 0 Å². The minimum atomic E-state index is -0.0543. The van der Waals surface area contributed by atoms with Crippen LogP contribution in [0.5, 0.6) is 0 Å². The van der Waals surface area contributed by atoms with Crippen LogP contribution in [0.25, 0.3) is 32.9 Å². The van der Waals surface area contributed by atoms with Gasteiger partial charge in [0.1, 0.15) is 6.17 Å². The molecule has 0 spiro atoms. The maximum Gasteiger partial charge on any atom is 0.123 e. The molecule has 3 heterocycles. The number of fused-ring (bicyclic) bond motifs is 6. The van der Waals surface area contributed by atoms with Crippen molar-refractivity contribution < 1.29 is 0 Å². The highest BCUT2D eigenvalue weighted by molar-refractivity contribution is 6.10. The molecule has 3 atom stereocenters. The number of dihydropyridines is 1. The Morgan fingerprint density at radius 3 is 1.89 bits per heavy atom. The molecule has 6 aromatic rings. The smallest absolute Gasteiger partial charge is 0.123 e. The van der Waals surface area contributed by atoms with Gasteiger partial charge in [-0.05, 0) is 63.2 Å². The third-order valence-corrected chi connectivity index (χ3v) is 10.2. The second-order valence-electron chi connectivity index (χ2n) is 13.2. The maximum atomic E-state index is 3.81. The summed E-state index contributed by atoms with van der Waals surface area (Å²) in [6.45, 7) is 4.71. The zero-order valence-corrected chi connectivity index (χ0v) is 26.0. The van der Waals surface area contributed by atoms with E-state index in [1.807, 2.05) is 0 Å². The summed E-state index contributed by atoms with van der Waals surface area (Å²) in [4.78, 5) is 0. The molecule has 1 fully saturated rings. The minimum Gasteiger partial charge on any atom is -0.367 e. The molecule has 1 saturated heterocycles. The molecule has 226 valence electrons. The van der Waals surface area contributed by atoms with E-state index in [2.05, 4.69) is 179 Å². The first-order valence-corrected chi connectivity index (χ1v) is 16.3. The number of nitrogens with one attached hydrogen (secondary N) is 4. The normalized spacial score (nSPS) is 23.1. The fraction of sp³-hybridized carbons (Fsp3) is 0.171. The van der Waals surface area contributed by atoms with Crippen LogP contribution in [0.15, 0.2) is 145 Å². The van der Waals surface area contributed by atoms with Crippen molar-refractivity contribution in [2.45, 2.75) is 43.9 Å². The van der Waals surface area contributed by atoms with Crippen molar-refractivity contribution in [1.29, 1.82) is 0 Å². The van der Waals surface area contributed by atoms with Crippen molar-refractivity contribution in [3.63, 3.8) is 0 Å². The predicted octanol–water partition coefficient (Wildman–Crippen LogP) is 8.15. The number of hydrogen-bond acceptors (Lipinski definition) is 4. The van der Waals surface area contributed by atoms with Crippen molar-refractivity contribution in [2.24, 2.45) is 0 Å². The number of benzene rings is 5. The van der Waals surface area contributed by atoms with Crippen LogP contribution in [0, 0.1) is 0 Å². The van der Waals surface area contributed by atoms with Gasteiger partial charge in [-0.25, -0.2) is 0 Å². The summed E-state index contributed by atoms with van der Waals surface area (Å²) in [5, 5.41) is 17.7. The monoisotopic (exact) mass is 599 g/mol. The molecular weight excluding hydrogens is 562 g/mol. The number of hydrogen-bond donors (Lipinski definition) is 4. The summed E-state index contributed by atoms with van der Waals surface area (Å²) >= 11 is 0. The molecule has 0 bridgehead atoms. The molecule has 0 amide bonds. The van der Waals surface area contributed by atoms with Gasteiger partial charge >= 0.3 is 0 Å². The Kier molecular flexibility index (Phi) is 6.29. The third kappa shape index (κ3) is 4.27. The number of rotatable bonds is 4. The molecule has 0 radical (unpaired) electrons. The highest BCUT2D eigenvalue weighted by atomic mass is 15.4. The molecule has 1 aromatic heterocycles. The van der Waals surface area contributed by atoms with Gasteiger partial charge in [0.2, 0.25) is 0 Å². The summed E-state index contributed by atoms with van der Waals surface area (Å²) in [7, 11) is 0. The highest BCUT2D eigenvalue weighted by Gasteiger charge is 2.36. The predicted molar refractivity (Wildman–Crippen MR) is 188 cm³/mol. The van der Waals surface area contributed by atoms with Crippen LogP contribution < -0.4 is 21.3 Å². The Morgan fingerprint density at radius 2 is 1.20 bits per heavy atom. The lowest BCUT2D eigenvalue weighted by atomic mass is 9.82. The topological polar surface area (TPSA) is 53.1 Å². The van der Waals surface area contributed by atoms with E-state index in [1.165, 1.54) is 55.2 Å². The molecule has 1 aliphatic carbocycles. The largest absolute Gasteiger partial charge is 0.367 e. The van der Waals surface area contributed by atoms with E-state index in [-0.39, 0.29) is 30.1 Å². The van der Waals surface area contributed by atoms with Gasteiger partial charge in [-0.3, -0.25) is 16.0 Å². The Labute approximate surface area is 269 Å². The van der Waals surface area contributed by atoms with E-state index >= 15 is 0 Å². The first-order valence-electron chi connectivity index (χ1n) is 16.3. The van der Waals surface area contributed by atoms with Crippen LogP contribution in [0.1, 0.15) is 54.6 Å². The number of para-hydroxylation sites is 1. The highest BCUT2D eigenvalue weighted by Crippen LogP contribution is 2.51. The number of aromatic nitrogens is 1. The fourth-order valence-electron chi connectivity index (χ4n) is 7.83. The molecule has 5 aromatic carbocycles. The first kappa shape index (κ1) is 27.4. The number of nitrogens with zero attached hydrogens (tertiary/aromatic N) is 1. The molecule has 46 heavy (non-hydrogen) atoms. The minimum absolute atomic E-state index is 0.00316. The molecule has 3 aliphatic rings. The molecule has 3 unspecified atom stereocenters. The van der Waals surface area contributed by atoms with Crippen molar-refractivity contribution in [2.75, 3.05) is 0 Å². The standard InChI is InChI=1S/C41H37N5/c1-41(2)33-19-11-9-17-29(33)31-23-32-30-18-10-12-20-35(30)46(36(32)24-34(31)41)37-22-21-28(25-42-37)40-44-38(26-13-5-3-6-14-26)43-39(45-40)27-15-7-4-8-16-27/h3-25,37-40,42-45H,1-2H3. The van der Waals surface area contributed by atoms with E-state index in [0.29, 0.717) is 0 Å². The molecule has 5 nitrogen and oxygen atoms in total. The quantitative estimate of drug-likeness (QED) is 0.165. The Hall–Kier alpha value is -4.94. The fourth-order valence-corrected chi connectivity index (χ4v) is 7.83. The summed E-state index contributed by atoms with van der Waals surface area (Å²) < 4.78 is 2.47. The van der Waals surface area contributed by atoms with E-state index in [0.717, 1.165) is 5.57 Å². The summed E-state index contributed by atoms with van der Waals surface area (Å²) in [6.07, 6.45) is 6.67. The van der Waals surface area contributed by atoms with Crippen LogP contribution in [0.3, 0.4) is 0 Å². The van der Waals surface area contributed by atoms with Crippen LogP contribution in [-0.2, 0) is 5.41 Å². The lowest BCUT2D eigenvalue weighted by Crippen LogP contribution is -2.59. The van der Waals surface area contributed by atoms with Gasteiger partial charge in [-0.15, -0.1) is 0 Å². The van der Waals surface area contributed by atoms with Crippen molar-refractivity contribution in [3.8, 4) is 11.1 Å². The molecule has 5 heteroatoms. The van der Waals surface area contributed by atoms with Gasteiger partial charge in [0.15, 0.2) is 0 Å². The molecule has 9 rings (SSSR count). The first-order chi connectivity index (χ1) is 22.6. The second-order valence-corrected chi connectivity index (χ2v) is 13.2. The molecule has 0 saturated carbocycles. The zero-order valence-electron chi connectivity index (χ0n) is 26.0. The molecule has 4 N–H and O–H groups in total. The van der Waals surface area contributed by atoms with Gasteiger partial charge in [0, 0.05) is 22.4 Å². The summed E-state index contributed by atoms with van der Waals surface area (Å²) in [5.74, 6) is 0. The molecular formula is C41H37N5. The Bertz CT molecular complexity index is 2110. The SMILES string of the molecule is CC1(C)c2ccccc2-c2cc3c4ccccc4n(C4C=CC(C5NC(c6ccccc6)NC(c6ccccc6)N5)=CN4)c3cc21. The average molecular weight is 600 g/mol. The van der Waals surface area contributed by atoms with E-state index in [4.69, 9.17) is 0 Å². The Balaban J connectivity index is 1.08. The van der Waals surface area contributed by atoms with E-state index in [9.17, 15) is 0 Å². The lowest BCUT2D eigenvalue weighted by molar-refractivity contribution is 0.223. The van der Waals surface area contributed by atoms with Gasteiger partial charge in [-0.2, -0.15) is 0 Å². The van der Waals surface area contributed by atoms with Crippen molar-refractivity contribution >= 4 is 21.8 Å².